The van der Waals surface area contributed by atoms with Crippen molar-refractivity contribution in [2.45, 2.75) is 43.0 Å². The fourth-order valence-electron chi connectivity index (χ4n) is 2.59. The van der Waals surface area contributed by atoms with Crippen LogP contribution in [-0.4, -0.2) is 46.5 Å². The topological polar surface area (TPSA) is 52.6 Å². The highest BCUT2D eigenvalue weighted by molar-refractivity contribution is 7.81. The van der Waals surface area contributed by atoms with Gasteiger partial charge in [-0.05, 0) is 25.7 Å². The van der Waals surface area contributed by atoms with Crippen LogP contribution in [0.5, 0.6) is 0 Å². The maximum Gasteiger partial charge on any atom is 0.404 e. The molecule has 1 amide bonds. The zero-order valence-corrected chi connectivity index (χ0v) is 9.62. The second kappa shape index (κ2) is 4.61. The van der Waals surface area contributed by atoms with Crippen molar-refractivity contribution in [3.8, 4) is 0 Å². The van der Waals surface area contributed by atoms with E-state index in [2.05, 4.69) is 22.8 Å². The third kappa shape index (κ3) is 2.78. The Hall–Kier alpha value is -0.420. The first-order valence-electron chi connectivity index (χ1n) is 5.56. The van der Waals surface area contributed by atoms with Gasteiger partial charge in [0.1, 0.15) is 0 Å². The van der Waals surface area contributed by atoms with Crippen molar-refractivity contribution in [1.82, 2.24) is 10.2 Å². The number of nitrogens with one attached hydrogen (secondary N) is 1. The second-order valence-corrected chi connectivity index (χ2v) is 5.30. The quantitative estimate of drug-likeness (QED) is 0.624. The normalized spacial score (nSPS) is 33.4. The predicted molar refractivity (Wildman–Crippen MR) is 61.6 cm³/mol. The molecule has 0 aromatic carbocycles. The lowest BCUT2D eigenvalue weighted by Crippen LogP contribution is -2.56. The van der Waals surface area contributed by atoms with E-state index in [0.717, 1.165) is 32.4 Å². The first-order chi connectivity index (χ1) is 7.15. The predicted octanol–water partition coefficient (Wildman–Crippen LogP) is 1.18. The summed E-state index contributed by atoms with van der Waals surface area (Å²) < 4.78 is 0. The van der Waals surface area contributed by atoms with Crippen LogP contribution < -0.4 is 5.32 Å². The van der Waals surface area contributed by atoms with Crippen molar-refractivity contribution in [1.29, 1.82) is 0 Å². The Morgan fingerprint density at radius 2 is 2.13 bits per heavy atom. The molecular formula is C10H18N2O2S. The lowest BCUT2D eigenvalue weighted by Gasteiger charge is -2.45. The Balaban J connectivity index is 1.79. The summed E-state index contributed by atoms with van der Waals surface area (Å²) in [6.07, 6.45) is 3.39. The average Bonchev–Trinajstić information content (AvgIpc) is 2.12. The fraction of sp³-hybridized carbons (Fsp3) is 0.900. The van der Waals surface area contributed by atoms with E-state index in [0.29, 0.717) is 11.3 Å². The summed E-state index contributed by atoms with van der Waals surface area (Å²) in [5, 5.41) is 11.8. The number of thiol groups is 1. The van der Waals surface area contributed by atoms with E-state index in [-0.39, 0.29) is 6.04 Å². The lowest BCUT2D eigenvalue weighted by molar-refractivity contribution is 0.0864. The summed E-state index contributed by atoms with van der Waals surface area (Å²) in [4.78, 5) is 13.0. The second-order valence-electron chi connectivity index (χ2n) is 4.57. The highest BCUT2D eigenvalue weighted by atomic mass is 32.1. The summed E-state index contributed by atoms with van der Waals surface area (Å²) in [6.45, 7) is 2.13. The summed E-state index contributed by atoms with van der Waals surface area (Å²) in [7, 11) is 0. The SMILES string of the molecule is O=C(O)N[C@@H]1CCC[C@H](N2CC(S)C2)C1. The van der Waals surface area contributed by atoms with E-state index >= 15 is 0 Å². The minimum atomic E-state index is -0.892. The van der Waals surface area contributed by atoms with Gasteiger partial charge in [0, 0.05) is 30.4 Å². The van der Waals surface area contributed by atoms with Gasteiger partial charge in [0.15, 0.2) is 0 Å². The number of hydrogen-bond acceptors (Lipinski definition) is 3. The molecule has 0 bridgehead atoms. The molecule has 5 heteroatoms. The number of amides is 1. The summed E-state index contributed by atoms with van der Waals surface area (Å²) in [6, 6.07) is 0.721. The molecule has 0 aromatic rings. The number of carbonyl (C=O) groups is 1. The molecule has 4 nitrogen and oxygen atoms in total. The van der Waals surface area contributed by atoms with Crippen molar-refractivity contribution in [3.63, 3.8) is 0 Å². The Labute approximate surface area is 95.4 Å². The van der Waals surface area contributed by atoms with Crippen LogP contribution in [0.15, 0.2) is 0 Å². The average molecular weight is 230 g/mol. The van der Waals surface area contributed by atoms with Gasteiger partial charge in [-0.3, -0.25) is 4.90 Å². The molecule has 2 aliphatic rings. The highest BCUT2D eigenvalue weighted by Crippen LogP contribution is 2.27. The molecule has 0 aromatic heterocycles. The Kier molecular flexibility index (Phi) is 3.41. The maximum atomic E-state index is 10.5. The number of hydrogen-bond donors (Lipinski definition) is 3. The third-order valence-corrected chi connectivity index (χ3v) is 3.71. The van der Waals surface area contributed by atoms with Gasteiger partial charge in [0.2, 0.25) is 0 Å². The zero-order valence-electron chi connectivity index (χ0n) is 8.72. The zero-order chi connectivity index (χ0) is 10.8. The molecule has 2 N–H and O–H groups in total. The van der Waals surface area contributed by atoms with E-state index in [4.69, 9.17) is 5.11 Å². The molecule has 1 saturated heterocycles. The number of nitrogens with zero attached hydrogens (tertiary/aromatic N) is 1. The molecule has 1 aliphatic carbocycles. The molecule has 1 aliphatic heterocycles. The molecule has 2 atom stereocenters. The van der Waals surface area contributed by atoms with Gasteiger partial charge in [-0.25, -0.2) is 4.79 Å². The standard InChI is InChI=1S/C10H18N2O2S/c13-10(14)11-7-2-1-3-8(4-7)12-5-9(15)6-12/h7-9,11,15H,1-6H2,(H,13,14)/t7-,8+/m1/s1. The van der Waals surface area contributed by atoms with Gasteiger partial charge in [0.25, 0.3) is 0 Å². The fourth-order valence-corrected chi connectivity index (χ4v) is 3.01. The minimum absolute atomic E-state index is 0.153. The summed E-state index contributed by atoms with van der Waals surface area (Å²) in [5.41, 5.74) is 0. The Morgan fingerprint density at radius 3 is 2.73 bits per heavy atom. The first kappa shape index (κ1) is 11.1. The molecule has 2 fully saturated rings. The van der Waals surface area contributed by atoms with Crippen molar-refractivity contribution in [3.05, 3.63) is 0 Å². The van der Waals surface area contributed by atoms with Gasteiger partial charge < -0.3 is 10.4 Å². The van der Waals surface area contributed by atoms with Crippen LogP contribution in [0.2, 0.25) is 0 Å². The Bertz CT molecular complexity index is 244. The number of rotatable bonds is 2. The van der Waals surface area contributed by atoms with Crippen molar-refractivity contribution in [2.75, 3.05) is 13.1 Å². The van der Waals surface area contributed by atoms with Crippen LogP contribution in [0.25, 0.3) is 0 Å². The van der Waals surface area contributed by atoms with E-state index < -0.39 is 6.09 Å². The summed E-state index contributed by atoms with van der Waals surface area (Å²) in [5.74, 6) is 0. The van der Waals surface area contributed by atoms with Crippen LogP contribution >= 0.6 is 12.6 Å². The van der Waals surface area contributed by atoms with E-state index in [1.165, 1.54) is 6.42 Å². The van der Waals surface area contributed by atoms with Gasteiger partial charge in [-0.1, -0.05) is 0 Å². The summed E-state index contributed by atoms with van der Waals surface area (Å²) >= 11 is 4.39. The van der Waals surface area contributed by atoms with Gasteiger partial charge in [0.05, 0.1) is 0 Å². The first-order valence-corrected chi connectivity index (χ1v) is 6.08. The van der Waals surface area contributed by atoms with E-state index in [1.54, 1.807) is 0 Å². The largest absolute Gasteiger partial charge is 0.465 e. The van der Waals surface area contributed by atoms with Crippen molar-refractivity contribution in [2.24, 2.45) is 0 Å². The lowest BCUT2D eigenvalue weighted by atomic mass is 9.88. The molecule has 86 valence electrons. The van der Waals surface area contributed by atoms with Crippen molar-refractivity contribution < 1.29 is 9.90 Å². The van der Waals surface area contributed by atoms with Crippen LogP contribution in [0.3, 0.4) is 0 Å². The van der Waals surface area contributed by atoms with Gasteiger partial charge in [-0.15, -0.1) is 0 Å². The molecule has 2 rings (SSSR count). The molecule has 0 radical (unpaired) electrons. The van der Waals surface area contributed by atoms with Crippen LogP contribution in [0.1, 0.15) is 25.7 Å². The van der Waals surface area contributed by atoms with Gasteiger partial charge >= 0.3 is 6.09 Å². The molecular weight excluding hydrogens is 212 g/mol. The molecule has 1 saturated carbocycles. The minimum Gasteiger partial charge on any atom is -0.465 e. The highest BCUT2D eigenvalue weighted by Gasteiger charge is 2.33. The molecule has 0 spiro atoms. The number of likely N-dealkylation sites (tertiary alicyclic amines) is 1. The molecule has 1 heterocycles. The Morgan fingerprint density at radius 1 is 1.40 bits per heavy atom. The number of carboxylic acid groups (broad SMARTS) is 1. The van der Waals surface area contributed by atoms with Crippen LogP contribution in [0, 0.1) is 0 Å². The van der Waals surface area contributed by atoms with E-state index in [9.17, 15) is 4.79 Å². The monoisotopic (exact) mass is 230 g/mol. The maximum absolute atomic E-state index is 10.5. The van der Waals surface area contributed by atoms with Crippen LogP contribution in [0.4, 0.5) is 4.79 Å². The smallest absolute Gasteiger partial charge is 0.404 e. The van der Waals surface area contributed by atoms with E-state index in [1.807, 2.05) is 0 Å². The molecule has 15 heavy (non-hydrogen) atoms. The third-order valence-electron chi connectivity index (χ3n) is 3.38. The van der Waals surface area contributed by atoms with Crippen LogP contribution in [-0.2, 0) is 0 Å². The molecule has 0 unspecified atom stereocenters. The van der Waals surface area contributed by atoms with Crippen molar-refractivity contribution >= 4 is 18.7 Å². The van der Waals surface area contributed by atoms with Gasteiger partial charge in [-0.2, -0.15) is 12.6 Å².